The Hall–Kier alpha value is -6.61. The van der Waals surface area contributed by atoms with Gasteiger partial charge in [-0.2, -0.15) is 4.31 Å². The van der Waals surface area contributed by atoms with Gasteiger partial charge in [0, 0.05) is 77.6 Å². The van der Waals surface area contributed by atoms with Gasteiger partial charge in [-0.15, -0.1) is 18.9 Å². The van der Waals surface area contributed by atoms with Gasteiger partial charge in [0.05, 0.1) is 6.04 Å². The van der Waals surface area contributed by atoms with E-state index in [1.54, 1.807) is 40.0 Å². The molecule has 2 aromatic rings. The maximum atomic E-state index is 14.4. The van der Waals surface area contributed by atoms with E-state index in [1.165, 1.54) is 35.2 Å². The molecular formula is C64H105N11O11S. The van der Waals surface area contributed by atoms with E-state index in [9.17, 15) is 42.0 Å². The molecule has 23 heteroatoms. The topological polar surface area (TPSA) is 293 Å². The summed E-state index contributed by atoms with van der Waals surface area (Å²) in [6, 6.07) is 9.56. The summed E-state index contributed by atoms with van der Waals surface area (Å²) in [6.07, 6.45) is 7.70. The third-order valence-corrected chi connectivity index (χ3v) is 17.1. The minimum absolute atomic E-state index is 0.000688. The van der Waals surface area contributed by atoms with Crippen molar-refractivity contribution < 1.29 is 51.5 Å². The number of likely N-dealkylation sites (tertiary alicyclic amines) is 1. The van der Waals surface area contributed by atoms with Crippen molar-refractivity contribution in [1.82, 2.24) is 51.0 Å². The summed E-state index contributed by atoms with van der Waals surface area (Å²) in [4.78, 5) is 98.1. The average molecular weight is 1240 g/mol. The van der Waals surface area contributed by atoms with Gasteiger partial charge in [-0.3, -0.25) is 19.2 Å². The molecule has 1 aromatic carbocycles. The Balaban J connectivity index is 0.000000597. The molecule has 0 spiro atoms. The molecule has 1 saturated heterocycles. The zero-order valence-electron chi connectivity index (χ0n) is 55.6. The van der Waals surface area contributed by atoms with Crippen LogP contribution in [0.25, 0.3) is 0 Å². The van der Waals surface area contributed by atoms with Gasteiger partial charge in [0.25, 0.3) is 15.9 Å². The first-order chi connectivity index (χ1) is 39.9. The first kappa shape index (κ1) is 76.5. The lowest BCUT2D eigenvalue weighted by Crippen LogP contribution is -2.62. The second kappa shape index (κ2) is 32.0. The van der Waals surface area contributed by atoms with E-state index in [0.717, 1.165) is 9.87 Å². The van der Waals surface area contributed by atoms with E-state index in [2.05, 4.69) is 90.9 Å². The SMILES string of the molecule is C#CCCC(NC(=O)[C@@H]1[C@@H]2[C@H](CN1C(=O)[C@@H](NC(=O)N[C@H](CN(C)S(=O)(=O)c1ccccn1)C(C)(C)C)C(C)(C)C)C2(C)C)C(=O)C(=O)NCC=C.CN(C[C@@H](N)C(C)(C)C)C(=O)OC(C)(C)C.CNC[C@@H](NC(=O)OCc1ccccc1)C(C)(C)C. The van der Waals surface area contributed by atoms with Crippen LogP contribution in [-0.4, -0.2) is 165 Å². The highest BCUT2D eigenvalue weighted by Gasteiger charge is 2.70. The molecule has 8 N–H and O–H groups in total. The smallest absolute Gasteiger partial charge is 0.410 e. The summed E-state index contributed by atoms with van der Waals surface area (Å²) < 4.78 is 38.0. The van der Waals surface area contributed by atoms with Crippen LogP contribution >= 0.6 is 0 Å². The maximum Gasteiger partial charge on any atom is 0.410 e. The predicted molar refractivity (Wildman–Crippen MR) is 340 cm³/mol. The number of rotatable bonds is 22. The summed E-state index contributed by atoms with van der Waals surface area (Å²) in [5, 5.41) is 16.7. The summed E-state index contributed by atoms with van der Waals surface area (Å²) in [7, 11) is 1.03. The molecule has 2 fully saturated rings. The van der Waals surface area contributed by atoms with Gasteiger partial charge in [-0.1, -0.05) is 139 Å². The fraction of sp³-hybridized carbons (Fsp3) is 0.656. The zero-order chi connectivity index (χ0) is 66.8. The number of carbonyl (C=O) groups excluding carboxylic acids is 7. The van der Waals surface area contributed by atoms with E-state index in [4.69, 9.17) is 21.6 Å². The van der Waals surface area contributed by atoms with Crippen molar-refractivity contribution in [3.63, 3.8) is 0 Å². The number of ketones is 1. The van der Waals surface area contributed by atoms with Gasteiger partial charge in [0.15, 0.2) is 5.03 Å². The number of amides is 7. The Labute approximate surface area is 519 Å². The fourth-order valence-electron chi connectivity index (χ4n) is 9.34. The number of nitrogens with zero attached hydrogens (tertiary/aromatic N) is 4. The quantitative estimate of drug-likeness (QED) is 0.0360. The third kappa shape index (κ3) is 24.1. The van der Waals surface area contributed by atoms with Crippen molar-refractivity contribution in [3.05, 3.63) is 72.9 Å². The molecular weight excluding hydrogens is 1130 g/mol. The highest BCUT2D eigenvalue weighted by molar-refractivity contribution is 7.89. The Morgan fingerprint density at radius 1 is 0.828 bits per heavy atom. The fourth-order valence-corrected chi connectivity index (χ4v) is 10.5. The number of hydrogen-bond acceptors (Lipinski definition) is 14. The number of alkyl carbamates (subject to hydrolysis) is 1. The molecule has 2 heterocycles. The molecule has 87 heavy (non-hydrogen) atoms. The monoisotopic (exact) mass is 1240 g/mol. The first-order valence-corrected chi connectivity index (χ1v) is 31.0. The van der Waals surface area contributed by atoms with E-state index >= 15 is 0 Å². The number of fused-ring (bicyclic) bond motifs is 1. The summed E-state index contributed by atoms with van der Waals surface area (Å²) >= 11 is 0. The molecule has 4 rings (SSSR count). The number of likely N-dealkylation sites (N-methyl/N-ethyl adjacent to an activating group) is 3. The molecule has 1 saturated carbocycles. The van der Waals surface area contributed by atoms with Crippen LogP contribution in [0.4, 0.5) is 14.4 Å². The lowest BCUT2D eigenvalue weighted by Gasteiger charge is -2.39. The number of ether oxygens (including phenoxy) is 2. The number of urea groups is 1. The number of nitrogens with two attached hydrogens (primary N) is 1. The number of sulfonamides is 1. The lowest BCUT2D eigenvalue weighted by atomic mass is 9.85. The molecule has 0 radical (unpaired) electrons. The van der Waals surface area contributed by atoms with Gasteiger partial charge in [0.2, 0.25) is 17.6 Å². The van der Waals surface area contributed by atoms with E-state index in [0.29, 0.717) is 19.7 Å². The standard InChI is InChI=1S/C37H55N7O7S.C15H24N2O2.C12H26N2O2/c1-12-14-17-24(29(45)32(47)39-19-13-2)40-31(46)28-27-23(37(27,9)10)21-44(28)33(48)30(36(6,7)8)42-34(49)41-25(35(3,4)5)22-43(11)52(50,51)26-18-15-16-20-38-26;1-15(2,3)13(10-16-4)17-14(18)19-11-12-8-6-5-7-9-12;1-11(2,3)9(13)8-14(7)10(15)16-12(4,5)6/h1,13,15-16,18,20,23-25,27-28,30H,2,14,17,19,21-22H2,3-11H3,(H,39,47)(H,40,46)(H2,41,42,49);5-9,13,16H,10-11H2,1-4H3,(H,17,18);9H,8,13H2,1-7H3/t23-,24?,25+,27-,28-,30+;13-;9-/m011/s1. The zero-order valence-corrected chi connectivity index (χ0v) is 56.4. The lowest BCUT2D eigenvalue weighted by molar-refractivity contribution is -0.145. The largest absolute Gasteiger partial charge is 0.445 e. The average Bonchev–Trinajstić information content (AvgIpc) is 1.53. The number of nitrogens with one attached hydrogen (secondary N) is 6. The van der Waals surface area contributed by atoms with Crippen LogP contribution in [0.5, 0.6) is 0 Å². The number of terminal acetylenes is 1. The van der Waals surface area contributed by atoms with Crippen LogP contribution in [0.15, 0.2) is 72.4 Å². The molecule has 488 valence electrons. The van der Waals surface area contributed by atoms with Crippen LogP contribution in [0.3, 0.4) is 0 Å². The summed E-state index contributed by atoms with van der Waals surface area (Å²) in [5.74, 6) is -0.590. The summed E-state index contributed by atoms with van der Waals surface area (Å²) in [5.41, 5.74) is 4.81. The van der Waals surface area contributed by atoms with Crippen molar-refractivity contribution in [3.8, 4) is 12.3 Å². The third-order valence-electron chi connectivity index (χ3n) is 15.3. The second-order valence-electron chi connectivity index (χ2n) is 28.4. The van der Waals surface area contributed by atoms with Gasteiger partial charge in [-0.05, 0) is 90.8 Å². The Kier molecular flexibility index (Phi) is 28.2. The molecule has 1 aliphatic carbocycles. The normalized spacial score (nSPS) is 18.1. The molecule has 2 aliphatic rings. The minimum atomic E-state index is -3.96. The van der Waals surface area contributed by atoms with Crippen LogP contribution in [0.2, 0.25) is 0 Å². The van der Waals surface area contributed by atoms with Crippen molar-refractivity contribution in [2.75, 3.05) is 53.9 Å². The van der Waals surface area contributed by atoms with Crippen LogP contribution in [0, 0.1) is 51.3 Å². The highest BCUT2D eigenvalue weighted by Crippen LogP contribution is 2.65. The number of aromatic nitrogens is 1. The van der Waals surface area contributed by atoms with E-state index < -0.39 is 80.2 Å². The van der Waals surface area contributed by atoms with Gasteiger partial charge in [0.1, 0.15) is 24.3 Å². The minimum Gasteiger partial charge on any atom is -0.445 e. The number of Topliss-reactive ketones (excluding diaryl/α,β-unsaturated/α-hetero) is 1. The number of piperidine rings is 1. The predicted octanol–water partition coefficient (Wildman–Crippen LogP) is 6.86. The van der Waals surface area contributed by atoms with Crippen molar-refractivity contribution >= 4 is 51.7 Å². The van der Waals surface area contributed by atoms with Gasteiger partial charge >= 0.3 is 18.2 Å². The Morgan fingerprint density at radius 3 is 1.91 bits per heavy atom. The summed E-state index contributed by atoms with van der Waals surface area (Å²) in [6.45, 7) is 38.2. The highest BCUT2D eigenvalue weighted by atomic mass is 32.2. The van der Waals surface area contributed by atoms with Crippen molar-refractivity contribution in [2.24, 2.45) is 44.6 Å². The van der Waals surface area contributed by atoms with Crippen molar-refractivity contribution in [1.29, 1.82) is 0 Å². The molecule has 8 atom stereocenters. The first-order valence-electron chi connectivity index (χ1n) is 29.6. The maximum absolute atomic E-state index is 14.4. The molecule has 0 bridgehead atoms. The molecule has 1 aromatic heterocycles. The van der Waals surface area contributed by atoms with Crippen molar-refractivity contribution in [2.45, 2.75) is 184 Å². The second-order valence-corrected chi connectivity index (χ2v) is 30.4. The Morgan fingerprint density at radius 2 is 1.41 bits per heavy atom. The number of carbonyl (C=O) groups is 7. The molecule has 22 nitrogen and oxygen atoms in total. The van der Waals surface area contributed by atoms with E-state index in [1.807, 2.05) is 92.8 Å². The number of hydrogen-bond donors (Lipinski definition) is 7. The molecule has 7 amide bonds. The molecule has 1 aliphatic heterocycles. The molecule has 1 unspecified atom stereocenters. The van der Waals surface area contributed by atoms with Gasteiger partial charge in [-0.25, -0.2) is 27.8 Å². The number of pyridine rings is 1. The Bertz CT molecular complexity index is 2780. The van der Waals surface area contributed by atoms with Crippen LogP contribution in [-0.2, 0) is 45.3 Å². The van der Waals surface area contributed by atoms with Gasteiger partial charge < -0.3 is 56.9 Å². The van der Waals surface area contributed by atoms with E-state index in [-0.39, 0.29) is 89.9 Å². The number of benzene rings is 1. The van der Waals surface area contributed by atoms with Crippen LogP contribution in [0.1, 0.15) is 136 Å². The van der Waals surface area contributed by atoms with Crippen LogP contribution < -0.4 is 37.6 Å².